The molecule has 0 saturated heterocycles. The highest BCUT2D eigenvalue weighted by atomic mass is 32.2. The molecule has 22 heavy (non-hydrogen) atoms. The van der Waals surface area contributed by atoms with E-state index in [1.807, 2.05) is 24.3 Å². The number of rotatable bonds is 6. The monoisotopic (exact) mass is 326 g/mol. The smallest absolute Gasteiger partial charge is 0.238 e. The van der Waals surface area contributed by atoms with E-state index in [-0.39, 0.29) is 18.2 Å². The molecule has 7 heteroatoms. The topological polar surface area (TPSA) is 75.7 Å². The van der Waals surface area contributed by atoms with Crippen LogP contribution in [-0.2, 0) is 32.5 Å². The molecule has 1 amide bonds. The SMILES string of the molecule is CCS(=O)(=O)N1Cc2ccccc2CC1C(=O)NCCOC. The summed E-state index contributed by atoms with van der Waals surface area (Å²) in [4.78, 5) is 12.4. The van der Waals surface area contributed by atoms with Crippen LogP contribution in [0.3, 0.4) is 0 Å². The maximum Gasteiger partial charge on any atom is 0.238 e. The Bertz CT molecular complexity index is 630. The number of nitrogens with zero attached hydrogens (tertiary/aromatic N) is 1. The van der Waals surface area contributed by atoms with E-state index in [1.54, 1.807) is 14.0 Å². The zero-order valence-corrected chi connectivity index (χ0v) is 13.7. The zero-order chi connectivity index (χ0) is 16.2. The van der Waals surface area contributed by atoms with Crippen molar-refractivity contribution in [3.63, 3.8) is 0 Å². The molecular formula is C15H22N2O4S. The van der Waals surface area contributed by atoms with E-state index in [9.17, 15) is 13.2 Å². The van der Waals surface area contributed by atoms with Crippen molar-refractivity contribution in [3.05, 3.63) is 35.4 Å². The van der Waals surface area contributed by atoms with Gasteiger partial charge < -0.3 is 10.1 Å². The lowest BCUT2D eigenvalue weighted by Crippen LogP contribution is -2.53. The van der Waals surface area contributed by atoms with E-state index in [0.29, 0.717) is 19.6 Å². The molecule has 0 radical (unpaired) electrons. The van der Waals surface area contributed by atoms with Gasteiger partial charge in [-0.1, -0.05) is 24.3 Å². The van der Waals surface area contributed by atoms with Gasteiger partial charge in [-0.15, -0.1) is 0 Å². The van der Waals surface area contributed by atoms with Crippen LogP contribution in [0.5, 0.6) is 0 Å². The van der Waals surface area contributed by atoms with Gasteiger partial charge in [0.05, 0.1) is 12.4 Å². The number of fused-ring (bicyclic) bond motifs is 1. The maximum absolute atomic E-state index is 12.4. The minimum Gasteiger partial charge on any atom is -0.383 e. The first-order valence-electron chi connectivity index (χ1n) is 7.32. The molecule has 6 nitrogen and oxygen atoms in total. The molecule has 0 spiro atoms. The first-order chi connectivity index (χ1) is 10.5. The summed E-state index contributed by atoms with van der Waals surface area (Å²) in [5.74, 6) is -0.291. The second kappa shape index (κ2) is 7.21. The lowest BCUT2D eigenvalue weighted by atomic mass is 9.95. The Balaban J connectivity index is 2.26. The molecule has 1 atom stereocenters. The number of carbonyl (C=O) groups is 1. The second-order valence-corrected chi connectivity index (χ2v) is 7.43. The maximum atomic E-state index is 12.4. The third-order valence-electron chi connectivity index (χ3n) is 3.84. The van der Waals surface area contributed by atoms with Gasteiger partial charge in [0.1, 0.15) is 6.04 Å². The number of carbonyl (C=O) groups excluding carboxylic acids is 1. The average molecular weight is 326 g/mol. The Kier molecular flexibility index (Phi) is 5.55. The molecule has 0 aliphatic carbocycles. The molecule has 1 unspecified atom stereocenters. The molecule has 1 aromatic carbocycles. The van der Waals surface area contributed by atoms with Crippen molar-refractivity contribution >= 4 is 15.9 Å². The van der Waals surface area contributed by atoms with E-state index >= 15 is 0 Å². The van der Waals surface area contributed by atoms with Crippen molar-refractivity contribution < 1.29 is 17.9 Å². The van der Waals surface area contributed by atoms with Crippen molar-refractivity contribution in [3.8, 4) is 0 Å². The van der Waals surface area contributed by atoms with E-state index in [4.69, 9.17) is 4.74 Å². The standard InChI is InChI=1S/C15H22N2O4S/c1-3-22(19,20)17-11-13-7-5-4-6-12(13)10-14(17)15(18)16-8-9-21-2/h4-7,14H,3,8-11H2,1-2H3,(H,16,18). The summed E-state index contributed by atoms with van der Waals surface area (Å²) in [6, 6.07) is 6.95. The summed E-state index contributed by atoms with van der Waals surface area (Å²) in [5.41, 5.74) is 1.98. The highest BCUT2D eigenvalue weighted by Crippen LogP contribution is 2.26. The summed E-state index contributed by atoms with van der Waals surface area (Å²) >= 11 is 0. The first kappa shape index (κ1) is 16.9. The lowest BCUT2D eigenvalue weighted by molar-refractivity contribution is -0.125. The number of sulfonamides is 1. The normalized spacial score (nSPS) is 18.7. The van der Waals surface area contributed by atoms with Crippen LogP contribution in [0, 0.1) is 0 Å². The van der Waals surface area contributed by atoms with Crippen molar-refractivity contribution in [1.29, 1.82) is 0 Å². The van der Waals surface area contributed by atoms with Crippen molar-refractivity contribution in [2.45, 2.75) is 25.9 Å². The first-order valence-corrected chi connectivity index (χ1v) is 8.93. The molecule has 1 aliphatic heterocycles. The van der Waals surface area contributed by atoms with Gasteiger partial charge in [-0.2, -0.15) is 4.31 Å². The number of methoxy groups -OCH3 is 1. The van der Waals surface area contributed by atoms with Crippen molar-refractivity contribution in [2.24, 2.45) is 0 Å². The van der Waals surface area contributed by atoms with Crippen LogP contribution in [0.25, 0.3) is 0 Å². The molecule has 1 aromatic rings. The highest BCUT2D eigenvalue weighted by molar-refractivity contribution is 7.89. The Hall–Kier alpha value is -1.44. The van der Waals surface area contributed by atoms with Gasteiger partial charge in [-0.25, -0.2) is 8.42 Å². The van der Waals surface area contributed by atoms with Gasteiger partial charge in [0.25, 0.3) is 0 Å². The second-order valence-electron chi connectivity index (χ2n) is 5.22. The van der Waals surface area contributed by atoms with E-state index in [0.717, 1.165) is 11.1 Å². The van der Waals surface area contributed by atoms with Gasteiger partial charge in [0.15, 0.2) is 0 Å². The van der Waals surface area contributed by atoms with Crippen LogP contribution in [0.15, 0.2) is 24.3 Å². The van der Waals surface area contributed by atoms with Crippen LogP contribution in [0.1, 0.15) is 18.1 Å². The van der Waals surface area contributed by atoms with Gasteiger partial charge in [-0.05, 0) is 24.5 Å². The van der Waals surface area contributed by atoms with E-state index in [2.05, 4.69) is 5.32 Å². The van der Waals surface area contributed by atoms with E-state index in [1.165, 1.54) is 4.31 Å². The van der Waals surface area contributed by atoms with Gasteiger partial charge in [0, 0.05) is 20.2 Å². The predicted octanol–water partition coefficient (Wildman–Crippen LogP) is 0.526. The number of ether oxygens (including phenoxy) is 1. The average Bonchev–Trinajstić information content (AvgIpc) is 2.53. The quantitative estimate of drug-likeness (QED) is 0.774. The molecule has 2 rings (SSSR count). The molecule has 0 bridgehead atoms. The molecule has 0 saturated carbocycles. The van der Waals surface area contributed by atoms with Crippen LogP contribution in [0.2, 0.25) is 0 Å². The molecule has 1 heterocycles. The molecule has 122 valence electrons. The Morgan fingerprint density at radius 1 is 1.36 bits per heavy atom. The number of benzene rings is 1. The molecule has 1 aliphatic rings. The third kappa shape index (κ3) is 3.66. The molecule has 0 fully saturated rings. The third-order valence-corrected chi connectivity index (χ3v) is 5.66. The van der Waals surface area contributed by atoms with Crippen LogP contribution >= 0.6 is 0 Å². The highest BCUT2D eigenvalue weighted by Gasteiger charge is 2.37. The van der Waals surface area contributed by atoms with Gasteiger partial charge >= 0.3 is 0 Å². The predicted molar refractivity (Wildman–Crippen MR) is 83.8 cm³/mol. The Labute approximate surface area is 131 Å². The fourth-order valence-electron chi connectivity index (χ4n) is 2.57. The molecule has 1 N–H and O–H groups in total. The molecular weight excluding hydrogens is 304 g/mol. The van der Waals surface area contributed by atoms with E-state index < -0.39 is 16.1 Å². The summed E-state index contributed by atoms with van der Waals surface area (Å²) in [6.45, 7) is 2.60. The van der Waals surface area contributed by atoms with Crippen LogP contribution in [0.4, 0.5) is 0 Å². The summed E-state index contributed by atoms with van der Waals surface area (Å²) in [6.07, 6.45) is 0.397. The Morgan fingerprint density at radius 3 is 2.68 bits per heavy atom. The summed E-state index contributed by atoms with van der Waals surface area (Å²) in [5, 5.41) is 2.74. The summed E-state index contributed by atoms with van der Waals surface area (Å²) < 4.78 is 30.9. The number of amides is 1. The summed E-state index contributed by atoms with van der Waals surface area (Å²) in [7, 11) is -1.90. The lowest BCUT2D eigenvalue weighted by Gasteiger charge is -2.34. The fraction of sp³-hybridized carbons (Fsp3) is 0.533. The van der Waals surface area contributed by atoms with Crippen LogP contribution in [-0.4, -0.2) is 50.7 Å². The number of hydrogen-bond donors (Lipinski definition) is 1. The minimum absolute atomic E-state index is 0.0168. The minimum atomic E-state index is -3.45. The zero-order valence-electron chi connectivity index (χ0n) is 12.9. The largest absolute Gasteiger partial charge is 0.383 e. The van der Waals surface area contributed by atoms with Gasteiger partial charge in [0.2, 0.25) is 15.9 Å². The number of hydrogen-bond acceptors (Lipinski definition) is 4. The fourth-order valence-corrected chi connectivity index (χ4v) is 3.80. The Morgan fingerprint density at radius 2 is 2.05 bits per heavy atom. The molecule has 0 aromatic heterocycles. The van der Waals surface area contributed by atoms with Crippen LogP contribution < -0.4 is 5.32 Å². The number of nitrogens with one attached hydrogen (secondary N) is 1. The van der Waals surface area contributed by atoms with Crippen molar-refractivity contribution in [2.75, 3.05) is 26.0 Å². The van der Waals surface area contributed by atoms with Crippen molar-refractivity contribution in [1.82, 2.24) is 9.62 Å². The van der Waals surface area contributed by atoms with Gasteiger partial charge in [-0.3, -0.25) is 4.79 Å².